The second kappa shape index (κ2) is 9.23. The van der Waals surface area contributed by atoms with E-state index in [0.717, 1.165) is 4.31 Å². The molecule has 28 heavy (non-hydrogen) atoms. The summed E-state index contributed by atoms with van der Waals surface area (Å²) in [6.07, 6.45) is 0. The molecular formula is C17H16BrCl2NO5S2. The molecule has 0 fully saturated rings. The van der Waals surface area contributed by atoms with Crippen molar-refractivity contribution in [1.82, 2.24) is 0 Å². The standard InChI is InChI=1S/C17H16BrCl2NO5S2/c1-3-28(25,26)10(2)21(27(23)24)16-9-14(18)13(8-15(16)20)17(22)11-4-6-12(19)7-5-11/h4-10H,3H2,1-2H3,(H,23,24). The van der Waals surface area contributed by atoms with Crippen LogP contribution in [0.3, 0.4) is 0 Å². The Morgan fingerprint density at radius 2 is 1.82 bits per heavy atom. The minimum atomic E-state index is -3.67. The van der Waals surface area contributed by atoms with Crippen LogP contribution in [0.15, 0.2) is 40.9 Å². The summed E-state index contributed by atoms with van der Waals surface area (Å²) in [6, 6.07) is 8.94. The van der Waals surface area contributed by atoms with E-state index in [1.165, 1.54) is 26.0 Å². The third-order valence-corrected chi connectivity index (χ3v) is 8.29. The zero-order chi connectivity index (χ0) is 21.2. The molecular weight excluding hydrogens is 513 g/mol. The van der Waals surface area contributed by atoms with Gasteiger partial charge >= 0.3 is 0 Å². The molecule has 0 aliphatic rings. The van der Waals surface area contributed by atoms with E-state index >= 15 is 0 Å². The first-order valence-electron chi connectivity index (χ1n) is 7.90. The first kappa shape index (κ1) is 23.3. The molecule has 11 heteroatoms. The van der Waals surface area contributed by atoms with Crippen LogP contribution >= 0.6 is 39.1 Å². The van der Waals surface area contributed by atoms with Crippen LogP contribution in [-0.2, 0) is 21.1 Å². The van der Waals surface area contributed by atoms with Crippen LogP contribution in [0.5, 0.6) is 0 Å². The quantitative estimate of drug-likeness (QED) is 0.415. The second-order valence-corrected chi connectivity index (χ2v) is 10.9. The minimum absolute atomic E-state index is 0.00607. The number of anilines is 1. The Kier molecular flexibility index (Phi) is 7.69. The van der Waals surface area contributed by atoms with Gasteiger partial charge in [-0.15, -0.1) is 0 Å². The van der Waals surface area contributed by atoms with Crippen molar-refractivity contribution in [3.05, 3.63) is 62.0 Å². The van der Waals surface area contributed by atoms with Crippen LogP contribution in [0.2, 0.25) is 10.0 Å². The van der Waals surface area contributed by atoms with E-state index in [1.54, 1.807) is 24.3 Å². The largest absolute Gasteiger partial charge is 0.289 e. The average molecular weight is 529 g/mol. The number of ketones is 1. The lowest BCUT2D eigenvalue weighted by atomic mass is 10.0. The molecule has 1 N–H and O–H groups in total. The molecule has 0 radical (unpaired) electrons. The van der Waals surface area contributed by atoms with Crippen LogP contribution in [0.1, 0.15) is 29.8 Å². The van der Waals surface area contributed by atoms with Gasteiger partial charge in [-0.25, -0.2) is 16.9 Å². The van der Waals surface area contributed by atoms with Crippen molar-refractivity contribution in [2.45, 2.75) is 19.2 Å². The Labute approximate surface area is 184 Å². The van der Waals surface area contributed by atoms with Crippen molar-refractivity contribution in [2.24, 2.45) is 0 Å². The molecule has 0 aliphatic carbocycles. The monoisotopic (exact) mass is 527 g/mol. The summed E-state index contributed by atoms with van der Waals surface area (Å²) in [7, 11) is -3.67. The first-order valence-corrected chi connectivity index (χ1v) is 12.2. The summed E-state index contributed by atoms with van der Waals surface area (Å²) in [5, 5.41) is -0.859. The van der Waals surface area contributed by atoms with Gasteiger partial charge in [-0.1, -0.05) is 30.1 Å². The van der Waals surface area contributed by atoms with Crippen molar-refractivity contribution in [3.63, 3.8) is 0 Å². The highest BCUT2D eigenvalue weighted by molar-refractivity contribution is 9.10. The molecule has 0 saturated heterocycles. The Balaban J connectivity index is 2.53. The van der Waals surface area contributed by atoms with E-state index in [-0.39, 0.29) is 27.8 Å². The summed E-state index contributed by atoms with van der Waals surface area (Å²) < 4.78 is 47.0. The molecule has 2 unspecified atom stereocenters. The highest BCUT2D eigenvalue weighted by atomic mass is 79.9. The summed E-state index contributed by atoms with van der Waals surface area (Å²) in [5.74, 6) is -0.559. The SMILES string of the molecule is CCS(=O)(=O)C(C)N(c1cc(Br)c(C(=O)c2ccc(Cl)cc2)cc1Cl)S(=O)O. The highest BCUT2D eigenvalue weighted by Crippen LogP contribution is 2.36. The number of sulfone groups is 1. The van der Waals surface area contributed by atoms with Gasteiger partial charge in [0.1, 0.15) is 5.37 Å². The van der Waals surface area contributed by atoms with Gasteiger partial charge in [0.05, 0.1) is 10.7 Å². The van der Waals surface area contributed by atoms with E-state index < -0.39 is 26.5 Å². The Morgan fingerprint density at radius 1 is 1.25 bits per heavy atom. The number of hydrogen-bond acceptors (Lipinski definition) is 4. The van der Waals surface area contributed by atoms with Crippen LogP contribution in [0, 0.1) is 0 Å². The summed E-state index contributed by atoms with van der Waals surface area (Å²) in [4.78, 5) is 12.7. The molecule has 2 aromatic carbocycles. The molecule has 6 nitrogen and oxygen atoms in total. The Bertz CT molecular complexity index is 1030. The molecule has 152 valence electrons. The average Bonchev–Trinajstić information content (AvgIpc) is 2.64. The van der Waals surface area contributed by atoms with Crippen molar-refractivity contribution in [2.75, 3.05) is 10.1 Å². The van der Waals surface area contributed by atoms with E-state index in [0.29, 0.717) is 15.1 Å². The normalized spacial score (nSPS) is 13.8. The van der Waals surface area contributed by atoms with Crippen LogP contribution in [0.25, 0.3) is 0 Å². The number of halogens is 3. The summed E-state index contributed by atoms with van der Waals surface area (Å²) in [5.41, 5.74) is 0.593. The number of benzene rings is 2. The van der Waals surface area contributed by atoms with Crippen molar-refractivity contribution >= 4 is 71.7 Å². The number of nitrogens with zero attached hydrogens (tertiary/aromatic N) is 1. The predicted octanol–water partition coefficient (Wildman–Crippen LogP) is 4.71. The van der Waals surface area contributed by atoms with Crippen LogP contribution < -0.4 is 4.31 Å². The van der Waals surface area contributed by atoms with Gasteiger partial charge in [0.2, 0.25) is 0 Å². The Hall–Kier alpha value is -0.970. The lowest BCUT2D eigenvalue weighted by Gasteiger charge is -2.27. The number of hydrogen-bond donors (Lipinski definition) is 1. The molecule has 2 atom stereocenters. The third-order valence-electron chi connectivity index (χ3n) is 4.05. The fourth-order valence-corrected chi connectivity index (χ4v) is 5.45. The maximum Gasteiger partial charge on any atom is 0.263 e. The Morgan fingerprint density at radius 3 is 2.32 bits per heavy atom. The number of rotatable bonds is 7. The summed E-state index contributed by atoms with van der Waals surface area (Å²) in [6.45, 7) is 2.74. The fraction of sp³-hybridized carbons (Fsp3) is 0.235. The summed E-state index contributed by atoms with van der Waals surface area (Å²) >= 11 is 12.7. The topological polar surface area (TPSA) is 91.8 Å². The zero-order valence-corrected chi connectivity index (χ0v) is 19.5. The first-order chi connectivity index (χ1) is 13.0. The molecule has 2 rings (SSSR count). The van der Waals surface area contributed by atoms with Gasteiger partial charge in [-0.2, -0.15) is 0 Å². The lowest BCUT2D eigenvalue weighted by molar-refractivity contribution is 0.103. The van der Waals surface area contributed by atoms with Crippen LogP contribution in [0.4, 0.5) is 5.69 Å². The molecule has 0 amide bonds. The van der Waals surface area contributed by atoms with Gasteiger partial charge < -0.3 is 0 Å². The molecule has 0 aromatic heterocycles. The third kappa shape index (κ3) is 4.95. The van der Waals surface area contributed by atoms with E-state index in [4.69, 9.17) is 23.2 Å². The van der Waals surface area contributed by atoms with Crippen LogP contribution in [-0.4, -0.2) is 34.1 Å². The van der Waals surface area contributed by atoms with Crippen molar-refractivity contribution in [1.29, 1.82) is 0 Å². The van der Waals surface area contributed by atoms with Gasteiger partial charge in [-0.3, -0.25) is 9.35 Å². The van der Waals surface area contributed by atoms with E-state index in [2.05, 4.69) is 15.9 Å². The van der Waals surface area contributed by atoms with Gasteiger partial charge in [0, 0.05) is 26.4 Å². The minimum Gasteiger partial charge on any atom is -0.289 e. The maximum atomic E-state index is 12.7. The highest BCUT2D eigenvalue weighted by Gasteiger charge is 2.32. The zero-order valence-electron chi connectivity index (χ0n) is 14.7. The maximum absolute atomic E-state index is 12.7. The van der Waals surface area contributed by atoms with Gasteiger partial charge in [0.15, 0.2) is 15.6 Å². The van der Waals surface area contributed by atoms with E-state index in [1.807, 2.05) is 0 Å². The fourth-order valence-electron chi connectivity index (χ4n) is 2.43. The second-order valence-electron chi connectivity index (χ2n) is 5.73. The van der Waals surface area contributed by atoms with Gasteiger partial charge in [-0.05, 0) is 59.3 Å². The number of carbonyl (C=O) groups excluding carboxylic acids is 1. The number of carbonyl (C=O) groups is 1. The lowest BCUT2D eigenvalue weighted by Crippen LogP contribution is -2.41. The smallest absolute Gasteiger partial charge is 0.263 e. The molecule has 0 spiro atoms. The molecule has 0 saturated carbocycles. The van der Waals surface area contributed by atoms with Gasteiger partial charge in [0.25, 0.3) is 11.3 Å². The van der Waals surface area contributed by atoms with Crippen molar-refractivity contribution < 1.29 is 22.0 Å². The molecule has 0 bridgehead atoms. The predicted molar refractivity (Wildman–Crippen MR) is 116 cm³/mol. The molecule has 0 heterocycles. The molecule has 0 aliphatic heterocycles. The van der Waals surface area contributed by atoms with E-state index in [9.17, 15) is 22.0 Å². The molecule has 2 aromatic rings. The van der Waals surface area contributed by atoms with Crippen molar-refractivity contribution in [3.8, 4) is 0 Å².